The van der Waals surface area contributed by atoms with Crippen LogP contribution in [0.3, 0.4) is 0 Å². The van der Waals surface area contributed by atoms with Gasteiger partial charge in [0.15, 0.2) is 0 Å². The Kier molecular flexibility index (Phi) is 9.83. The molecular formula is C21H25N5O8. The number of piperidine rings is 1. The maximum absolute atomic E-state index is 12.1. The Bertz CT molecular complexity index is 1010. The lowest BCUT2D eigenvalue weighted by molar-refractivity contribution is -0.384. The number of aromatic nitrogens is 2. The van der Waals surface area contributed by atoms with Crippen molar-refractivity contribution in [3.8, 4) is 11.5 Å². The minimum absolute atomic E-state index is 0.0276. The van der Waals surface area contributed by atoms with Gasteiger partial charge in [-0.05, 0) is 57.5 Å². The number of rotatable bonds is 8. The van der Waals surface area contributed by atoms with E-state index in [-0.39, 0.29) is 23.3 Å². The largest absolute Gasteiger partial charge is 0.478 e. The highest BCUT2D eigenvalue weighted by molar-refractivity contribution is 5.90. The number of nitrogens with zero attached hydrogens (tertiary/aromatic N) is 4. The second-order valence-electron chi connectivity index (χ2n) is 7.53. The third-order valence-corrected chi connectivity index (χ3v) is 5.00. The lowest BCUT2D eigenvalue weighted by atomic mass is 9.94. The second kappa shape index (κ2) is 12.8. The highest BCUT2D eigenvalue weighted by Crippen LogP contribution is 2.21. The Morgan fingerprint density at radius 3 is 2.29 bits per heavy atom. The Labute approximate surface area is 194 Å². The Morgan fingerprint density at radius 1 is 1.18 bits per heavy atom. The molecule has 3 N–H and O–H groups in total. The van der Waals surface area contributed by atoms with Gasteiger partial charge in [0, 0.05) is 36.4 Å². The molecule has 0 unspecified atom stereocenters. The van der Waals surface area contributed by atoms with Crippen LogP contribution >= 0.6 is 0 Å². The number of nitrogens with one attached hydrogen (secondary N) is 1. The van der Waals surface area contributed by atoms with Crippen LogP contribution in [-0.2, 0) is 9.59 Å². The first-order chi connectivity index (χ1) is 16.2. The lowest BCUT2D eigenvalue weighted by Crippen LogP contribution is -2.33. The van der Waals surface area contributed by atoms with Gasteiger partial charge in [0.25, 0.3) is 23.3 Å². The minimum Gasteiger partial charge on any atom is -0.478 e. The predicted octanol–water partition coefficient (Wildman–Crippen LogP) is 1.82. The number of carbonyl (C=O) groups excluding carboxylic acids is 1. The molecule has 2 aromatic rings. The molecule has 13 heteroatoms. The first-order valence-corrected chi connectivity index (χ1v) is 10.3. The molecule has 1 aliphatic rings. The molecule has 2 heterocycles. The van der Waals surface area contributed by atoms with Crippen molar-refractivity contribution in [2.45, 2.75) is 19.3 Å². The van der Waals surface area contributed by atoms with Crippen molar-refractivity contribution in [1.82, 2.24) is 20.4 Å². The highest BCUT2D eigenvalue weighted by atomic mass is 16.6. The van der Waals surface area contributed by atoms with Crippen LogP contribution in [0.5, 0.6) is 0 Å². The van der Waals surface area contributed by atoms with E-state index in [0.717, 1.165) is 32.4 Å². The molecule has 1 aliphatic heterocycles. The number of carboxylic acids is 2. The van der Waals surface area contributed by atoms with Gasteiger partial charge in [-0.2, -0.15) is 4.98 Å². The van der Waals surface area contributed by atoms with Gasteiger partial charge in [-0.15, -0.1) is 0 Å². The molecule has 1 aromatic heterocycles. The second-order valence-corrected chi connectivity index (χ2v) is 7.53. The van der Waals surface area contributed by atoms with Gasteiger partial charge in [-0.25, -0.2) is 9.59 Å². The fourth-order valence-electron chi connectivity index (χ4n) is 3.12. The van der Waals surface area contributed by atoms with E-state index in [1.807, 2.05) is 0 Å². The van der Waals surface area contributed by atoms with Crippen LogP contribution in [-0.4, -0.2) is 74.7 Å². The van der Waals surface area contributed by atoms with Gasteiger partial charge in [-0.3, -0.25) is 14.9 Å². The van der Waals surface area contributed by atoms with E-state index in [0.29, 0.717) is 30.2 Å². The fraction of sp³-hybridized carbons (Fsp3) is 0.381. The van der Waals surface area contributed by atoms with Crippen LogP contribution in [0.1, 0.15) is 29.9 Å². The Balaban J connectivity index is 0.000000440. The molecule has 1 amide bonds. The van der Waals surface area contributed by atoms with Crippen LogP contribution < -0.4 is 5.32 Å². The molecule has 1 aromatic carbocycles. The van der Waals surface area contributed by atoms with Crippen molar-refractivity contribution in [1.29, 1.82) is 0 Å². The van der Waals surface area contributed by atoms with Crippen molar-refractivity contribution in [2.24, 2.45) is 5.92 Å². The zero-order chi connectivity index (χ0) is 25.1. The monoisotopic (exact) mass is 475 g/mol. The predicted molar refractivity (Wildman–Crippen MR) is 118 cm³/mol. The minimum atomic E-state index is -1.26. The summed E-state index contributed by atoms with van der Waals surface area (Å²) in [5.74, 6) is -2.15. The molecule has 0 aliphatic carbocycles. The number of aliphatic carboxylic acids is 2. The van der Waals surface area contributed by atoms with Crippen molar-refractivity contribution < 1.29 is 34.0 Å². The number of hydrogen-bond donors (Lipinski definition) is 3. The summed E-state index contributed by atoms with van der Waals surface area (Å²) in [7, 11) is 2.12. The normalized spacial score (nSPS) is 14.3. The summed E-state index contributed by atoms with van der Waals surface area (Å²) in [4.78, 5) is 47.8. The number of amides is 1. The zero-order valence-electron chi connectivity index (χ0n) is 18.4. The zero-order valence-corrected chi connectivity index (χ0v) is 18.4. The number of hydrogen-bond acceptors (Lipinski definition) is 9. The van der Waals surface area contributed by atoms with Crippen LogP contribution in [0.15, 0.2) is 40.9 Å². The Hall–Kier alpha value is -4.13. The number of nitro groups is 1. The standard InChI is InChI=1S/C17H21N5O4.C4H4O4/c1-21-10-7-12(8-11-21)6-9-18-16(23)15-19-17(26-20-15)13-2-4-14(5-3-13)22(24)25;5-3(6)1-2-4(7)8/h2-5,12H,6-11H2,1H3,(H,18,23);1-2H,(H,5,6)(H,7,8)/b;2-1+. The van der Waals surface area contributed by atoms with Crippen LogP contribution in [0.4, 0.5) is 5.69 Å². The van der Waals surface area contributed by atoms with E-state index in [1.54, 1.807) is 0 Å². The maximum atomic E-state index is 12.1. The Morgan fingerprint density at radius 2 is 1.76 bits per heavy atom. The number of non-ortho nitro benzene ring substituents is 1. The SMILES string of the molecule is CN1CCC(CCNC(=O)c2noc(-c3ccc([N+](=O)[O-])cc3)n2)CC1.O=C(O)/C=C/C(=O)O. The molecule has 0 bridgehead atoms. The van der Waals surface area contributed by atoms with Crippen molar-refractivity contribution >= 4 is 23.5 Å². The van der Waals surface area contributed by atoms with E-state index in [1.165, 1.54) is 24.3 Å². The summed E-state index contributed by atoms with van der Waals surface area (Å²) in [6.45, 7) is 2.78. The molecule has 0 atom stereocenters. The molecule has 182 valence electrons. The van der Waals surface area contributed by atoms with Gasteiger partial charge in [0.2, 0.25) is 0 Å². The summed E-state index contributed by atoms with van der Waals surface area (Å²) >= 11 is 0. The van der Waals surface area contributed by atoms with Gasteiger partial charge >= 0.3 is 11.9 Å². The number of benzene rings is 1. The quantitative estimate of drug-likeness (QED) is 0.287. The summed E-state index contributed by atoms with van der Waals surface area (Å²) in [5.41, 5.74) is 0.494. The lowest BCUT2D eigenvalue weighted by Gasteiger charge is -2.28. The van der Waals surface area contributed by atoms with Gasteiger partial charge < -0.3 is 25.0 Å². The average molecular weight is 475 g/mol. The number of carboxylic acid groups (broad SMARTS) is 2. The molecule has 0 radical (unpaired) electrons. The van der Waals surface area contributed by atoms with E-state index >= 15 is 0 Å². The molecule has 0 saturated carbocycles. The summed E-state index contributed by atoms with van der Waals surface area (Å²) < 4.78 is 5.08. The molecule has 1 saturated heterocycles. The summed E-state index contributed by atoms with van der Waals surface area (Å²) in [6, 6.07) is 5.71. The van der Waals surface area contributed by atoms with E-state index in [2.05, 4.69) is 27.4 Å². The van der Waals surface area contributed by atoms with Gasteiger partial charge in [-0.1, -0.05) is 5.16 Å². The molecular weight excluding hydrogens is 450 g/mol. The fourth-order valence-corrected chi connectivity index (χ4v) is 3.12. The van der Waals surface area contributed by atoms with E-state index in [4.69, 9.17) is 14.7 Å². The summed E-state index contributed by atoms with van der Waals surface area (Å²) in [6.07, 6.45) is 4.36. The smallest absolute Gasteiger partial charge is 0.328 e. The van der Waals surface area contributed by atoms with Gasteiger partial charge in [0.05, 0.1) is 4.92 Å². The average Bonchev–Trinajstić information content (AvgIpc) is 3.30. The molecule has 1 fully saturated rings. The van der Waals surface area contributed by atoms with E-state index in [9.17, 15) is 24.5 Å². The first-order valence-electron chi connectivity index (χ1n) is 10.3. The van der Waals surface area contributed by atoms with Crippen LogP contribution in [0.2, 0.25) is 0 Å². The number of likely N-dealkylation sites (tertiary alicyclic amines) is 1. The van der Waals surface area contributed by atoms with Crippen molar-refractivity contribution in [3.63, 3.8) is 0 Å². The first kappa shape index (κ1) is 26.1. The molecule has 34 heavy (non-hydrogen) atoms. The molecule has 3 rings (SSSR count). The van der Waals surface area contributed by atoms with E-state index < -0.39 is 16.9 Å². The van der Waals surface area contributed by atoms with Crippen LogP contribution in [0.25, 0.3) is 11.5 Å². The number of nitro benzene ring substituents is 1. The maximum Gasteiger partial charge on any atom is 0.328 e. The highest BCUT2D eigenvalue weighted by Gasteiger charge is 2.19. The van der Waals surface area contributed by atoms with Crippen LogP contribution in [0, 0.1) is 16.0 Å². The van der Waals surface area contributed by atoms with Gasteiger partial charge in [0.1, 0.15) is 0 Å². The topological polar surface area (TPSA) is 189 Å². The molecule has 0 spiro atoms. The third-order valence-electron chi connectivity index (χ3n) is 5.00. The van der Waals surface area contributed by atoms with Crippen molar-refractivity contribution in [2.75, 3.05) is 26.7 Å². The summed E-state index contributed by atoms with van der Waals surface area (Å²) in [5, 5.41) is 32.8. The van der Waals surface area contributed by atoms with Crippen molar-refractivity contribution in [3.05, 3.63) is 52.4 Å². The molecule has 13 nitrogen and oxygen atoms in total. The third kappa shape index (κ3) is 8.78. The number of carbonyl (C=O) groups is 3.